The van der Waals surface area contributed by atoms with E-state index in [4.69, 9.17) is 5.11 Å². The standard InChI is InChI=1S/C13H23NO3/c15-12(16)10-5-7-13(17,8-6-10)9-14-11-3-1-2-4-11/h10-11,14,17H,1-9H2,(H,15,16). The number of carboxylic acids is 1. The molecular formula is C13H23NO3. The molecule has 17 heavy (non-hydrogen) atoms. The smallest absolute Gasteiger partial charge is 0.306 e. The average molecular weight is 241 g/mol. The van der Waals surface area contributed by atoms with E-state index in [-0.39, 0.29) is 5.92 Å². The average Bonchev–Trinajstić information content (AvgIpc) is 2.80. The van der Waals surface area contributed by atoms with Crippen LogP contribution in [0.2, 0.25) is 0 Å². The van der Waals surface area contributed by atoms with Gasteiger partial charge in [0.25, 0.3) is 0 Å². The molecule has 0 aromatic carbocycles. The first-order chi connectivity index (χ1) is 8.09. The number of aliphatic carboxylic acids is 1. The van der Waals surface area contributed by atoms with Gasteiger partial charge >= 0.3 is 5.97 Å². The summed E-state index contributed by atoms with van der Waals surface area (Å²) >= 11 is 0. The molecule has 0 aromatic rings. The number of hydrogen-bond acceptors (Lipinski definition) is 3. The van der Waals surface area contributed by atoms with Crippen LogP contribution in [0.1, 0.15) is 51.4 Å². The van der Waals surface area contributed by atoms with Gasteiger partial charge in [-0.1, -0.05) is 12.8 Å². The zero-order valence-corrected chi connectivity index (χ0v) is 10.3. The van der Waals surface area contributed by atoms with Gasteiger partial charge in [0.15, 0.2) is 0 Å². The molecule has 0 saturated heterocycles. The maximum atomic E-state index is 10.8. The first-order valence-corrected chi connectivity index (χ1v) is 6.78. The zero-order valence-electron chi connectivity index (χ0n) is 10.3. The molecule has 0 aromatic heterocycles. The van der Waals surface area contributed by atoms with E-state index in [1.54, 1.807) is 0 Å². The Labute approximate surface area is 102 Å². The molecule has 4 nitrogen and oxygen atoms in total. The molecule has 0 atom stereocenters. The molecule has 2 aliphatic rings. The Balaban J connectivity index is 1.74. The van der Waals surface area contributed by atoms with E-state index < -0.39 is 11.6 Å². The second kappa shape index (κ2) is 5.36. The normalized spacial score (nSPS) is 35.0. The fourth-order valence-corrected chi connectivity index (χ4v) is 3.04. The predicted molar refractivity (Wildman–Crippen MR) is 64.8 cm³/mol. The van der Waals surface area contributed by atoms with Gasteiger partial charge in [0, 0.05) is 12.6 Å². The van der Waals surface area contributed by atoms with Crippen LogP contribution in [0.25, 0.3) is 0 Å². The Morgan fingerprint density at radius 2 is 1.76 bits per heavy atom. The molecule has 2 rings (SSSR count). The predicted octanol–water partition coefficient (Wildman–Crippen LogP) is 1.52. The van der Waals surface area contributed by atoms with Crippen LogP contribution in [-0.2, 0) is 4.79 Å². The van der Waals surface area contributed by atoms with Gasteiger partial charge < -0.3 is 15.5 Å². The topological polar surface area (TPSA) is 69.6 Å². The van der Waals surface area contributed by atoms with Crippen molar-refractivity contribution in [2.24, 2.45) is 5.92 Å². The Kier molecular flexibility index (Phi) is 4.05. The van der Waals surface area contributed by atoms with Crippen molar-refractivity contribution in [3.63, 3.8) is 0 Å². The summed E-state index contributed by atoms with van der Waals surface area (Å²) in [6, 6.07) is 0.566. The van der Waals surface area contributed by atoms with Gasteiger partial charge in [0.2, 0.25) is 0 Å². The van der Waals surface area contributed by atoms with Crippen molar-refractivity contribution >= 4 is 5.97 Å². The van der Waals surface area contributed by atoms with Gasteiger partial charge in [-0.15, -0.1) is 0 Å². The molecule has 2 fully saturated rings. The third-order valence-electron chi connectivity index (χ3n) is 4.34. The van der Waals surface area contributed by atoms with Crippen LogP contribution in [0, 0.1) is 5.92 Å². The van der Waals surface area contributed by atoms with Crippen LogP contribution in [0.15, 0.2) is 0 Å². The minimum absolute atomic E-state index is 0.248. The van der Waals surface area contributed by atoms with E-state index in [1.165, 1.54) is 25.7 Å². The molecule has 98 valence electrons. The van der Waals surface area contributed by atoms with Crippen molar-refractivity contribution < 1.29 is 15.0 Å². The zero-order chi connectivity index (χ0) is 12.3. The van der Waals surface area contributed by atoms with Gasteiger partial charge in [-0.2, -0.15) is 0 Å². The summed E-state index contributed by atoms with van der Waals surface area (Å²) in [4.78, 5) is 10.8. The SMILES string of the molecule is O=C(O)C1CCC(O)(CNC2CCCC2)CC1. The molecule has 0 unspecified atom stereocenters. The van der Waals surface area contributed by atoms with E-state index >= 15 is 0 Å². The second-order valence-corrected chi connectivity index (χ2v) is 5.70. The summed E-state index contributed by atoms with van der Waals surface area (Å²) in [5.74, 6) is -0.961. The number of carboxylic acid groups (broad SMARTS) is 1. The third-order valence-corrected chi connectivity index (χ3v) is 4.34. The Bertz CT molecular complexity index is 266. The van der Waals surface area contributed by atoms with Crippen molar-refractivity contribution in [2.75, 3.05) is 6.54 Å². The second-order valence-electron chi connectivity index (χ2n) is 5.70. The fourth-order valence-electron chi connectivity index (χ4n) is 3.04. The number of carbonyl (C=O) groups is 1. The summed E-state index contributed by atoms with van der Waals surface area (Å²) in [5, 5.41) is 22.7. The highest BCUT2D eigenvalue weighted by Gasteiger charge is 2.36. The quantitative estimate of drug-likeness (QED) is 0.698. The molecule has 3 N–H and O–H groups in total. The van der Waals surface area contributed by atoms with Crippen LogP contribution in [0.4, 0.5) is 0 Å². The van der Waals surface area contributed by atoms with E-state index in [1.807, 2.05) is 0 Å². The molecule has 4 heteroatoms. The van der Waals surface area contributed by atoms with Gasteiger partial charge in [0.1, 0.15) is 0 Å². The highest BCUT2D eigenvalue weighted by atomic mass is 16.4. The summed E-state index contributed by atoms with van der Waals surface area (Å²) in [6.07, 6.45) is 7.46. The molecular weight excluding hydrogens is 218 g/mol. The number of hydrogen-bond donors (Lipinski definition) is 3. The molecule has 0 bridgehead atoms. The minimum atomic E-state index is -0.712. The lowest BCUT2D eigenvalue weighted by Gasteiger charge is -2.35. The van der Waals surface area contributed by atoms with E-state index in [2.05, 4.69) is 5.32 Å². The summed E-state index contributed by atoms with van der Waals surface area (Å²) in [5.41, 5.74) is -0.672. The first kappa shape index (κ1) is 12.8. The van der Waals surface area contributed by atoms with Gasteiger partial charge in [-0.25, -0.2) is 0 Å². The lowest BCUT2D eigenvalue weighted by Crippen LogP contribution is -2.46. The van der Waals surface area contributed by atoms with Crippen molar-refractivity contribution in [3.8, 4) is 0 Å². The highest BCUT2D eigenvalue weighted by Crippen LogP contribution is 2.32. The maximum absolute atomic E-state index is 10.8. The minimum Gasteiger partial charge on any atom is -0.481 e. The lowest BCUT2D eigenvalue weighted by atomic mass is 9.78. The summed E-state index contributed by atoms with van der Waals surface area (Å²) in [6.45, 7) is 0.629. The van der Waals surface area contributed by atoms with Crippen LogP contribution < -0.4 is 5.32 Å². The fraction of sp³-hybridized carbons (Fsp3) is 0.923. The highest BCUT2D eigenvalue weighted by molar-refractivity contribution is 5.70. The summed E-state index contributed by atoms with van der Waals surface area (Å²) in [7, 11) is 0. The van der Waals surface area contributed by atoms with E-state index in [9.17, 15) is 9.90 Å². The first-order valence-electron chi connectivity index (χ1n) is 6.78. The van der Waals surface area contributed by atoms with E-state index in [0.717, 1.165) is 0 Å². The van der Waals surface area contributed by atoms with Crippen LogP contribution in [-0.4, -0.2) is 34.4 Å². The molecule has 0 heterocycles. The van der Waals surface area contributed by atoms with Crippen LogP contribution >= 0.6 is 0 Å². The lowest BCUT2D eigenvalue weighted by molar-refractivity contribution is -0.144. The molecule has 0 radical (unpaired) electrons. The van der Waals surface area contributed by atoms with Crippen LogP contribution in [0.5, 0.6) is 0 Å². The summed E-state index contributed by atoms with van der Waals surface area (Å²) < 4.78 is 0. The maximum Gasteiger partial charge on any atom is 0.306 e. The Morgan fingerprint density at radius 3 is 2.29 bits per heavy atom. The number of rotatable bonds is 4. The van der Waals surface area contributed by atoms with Crippen molar-refractivity contribution in [3.05, 3.63) is 0 Å². The van der Waals surface area contributed by atoms with Crippen LogP contribution in [0.3, 0.4) is 0 Å². The molecule has 2 saturated carbocycles. The van der Waals surface area contributed by atoms with Gasteiger partial charge in [0.05, 0.1) is 11.5 Å². The Hall–Kier alpha value is -0.610. The molecule has 2 aliphatic carbocycles. The van der Waals surface area contributed by atoms with Crippen molar-refractivity contribution in [1.29, 1.82) is 0 Å². The van der Waals surface area contributed by atoms with E-state index in [0.29, 0.717) is 38.3 Å². The number of nitrogens with one attached hydrogen (secondary N) is 1. The largest absolute Gasteiger partial charge is 0.481 e. The molecule has 0 amide bonds. The third kappa shape index (κ3) is 3.42. The monoisotopic (exact) mass is 241 g/mol. The number of aliphatic hydroxyl groups is 1. The van der Waals surface area contributed by atoms with Crippen molar-refractivity contribution in [1.82, 2.24) is 5.32 Å². The molecule has 0 aliphatic heterocycles. The Morgan fingerprint density at radius 1 is 1.18 bits per heavy atom. The molecule has 0 spiro atoms. The van der Waals surface area contributed by atoms with Gasteiger partial charge in [-0.3, -0.25) is 4.79 Å². The van der Waals surface area contributed by atoms with Gasteiger partial charge in [-0.05, 0) is 38.5 Å². The van der Waals surface area contributed by atoms with Crippen molar-refractivity contribution in [2.45, 2.75) is 63.0 Å².